The van der Waals surface area contributed by atoms with E-state index in [-0.39, 0.29) is 0 Å². The molecule has 0 radical (unpaired) electrons. The van der Waals surface area contributed by atoms with Gasteiger partial charge in [-0.25, -0.2) is 0 Å². The highest BCUT2D eigenvalue weighted by atomic mass is 15.3. The summed E-state index contributed by atoms with van der Waals surface area (Å²) < 4.78 is 1.95. The fraction of sp³-hybridized carbons (Fsp3) is 0.429. The average Bonchev–Trinajstić information content (AvgIpc) is 2.89. The summed E-state index contributed by atoms with van der Waals surface area (Å²) in [5.74, 6) is 0. The number of hydrogen-bond donors (Lipinski definition) is 1. The second kappa shape index (κ2) is 6.31. The van der Waals surface area contributed by atoms with Gasteiger partial charge >= 0.3 is 0 Å². The van der Waals surface area contributed by atoms with E-state index < -0.39 is 0 Å². The second-order valence-corrected chi connectivity index (χ2v) is 4.42. The summed E-state index contributed by atoms with van der Waals surface area (Å²) in [5, 5.41) is 7.79. The molecule has 0 aromatic carbocycles. The van der Waals surface area contributed by atoms with Crippen LogP contribution in [0, 0.1) is 0 Å². The standard InChI is InChI=1S/C14H20N4/c1-3-18-11-14(10-17-18)12(2)16-8-6-13-5-4-7-15-9-13/h4-5,7,9-12,16H,3,6,8H2,1-2H3. The first-order valence-corrected chi connectivity index (χ1v) is 6.44. The van der Waals surface area contributed by atoms with Gasteiger partial charge in [-0.2, -0.15) is 5.10 Å². The normalized spacial score (nSPS) is 12.6. The van der Waals surface area contributed by atoms with Gasteiger partial charge < -0.3 is 5.32 Å². The zero-order chi connectivity index (χ0) is 12.8. The third-order valence-corrected chi connectivity index (χ3v) is 3.06. The van der Waals surface area contributed by atoms with Gasteiger partial charge in [-0.3, -0.25) is 9.67 Å². The Labute approximate surface area is 108 Å². The van der Waals surface area contributed by atoms with E-state index in [1.807, 2.05) is 23.1 Å². The van der Waals surface area contributed by atoms with Crippen molar-refractivity contribution in [1.82, 2.24) is 20.1 Å². The second-order valence-electron chi connectivity index (χ2n) is 4.42. The van der Waals surface area contributed by atoms with Gasteiger partial charge in [-0.05, 0) is 38.4 Å². The van der Waals surface area contributed by atoms with Gasteiger partial charge in [-0.1, -0.05) is 6.07 Å². The van der Waals surface area contributed by atoms with Crippen molar-refractivity contribution in [2.24, 2.45) is 0 Å². The highest BCUT2D eigenvalue weighted by Crippen LogP contribution is 2.10. The van der Waals surface area contributed by atoms with Crippen LogP contribution in [0.25, 0.3) is 0 Å². The first-order valence-electron chi connectivity index (χ1n) is 6.44. The van der Waals surface area contributed by atoms with Gasteiger partial charge in [0, 0.05) is 36.7 Å². The van der Waals surface area contributed by atoms with E-state index in [4.69, 9.17) is 0 Å². The molecule has 1 atom stereocenters. The molecular weight excluding hydrogens is 224 g/mol. The minimum Gasteiger partial charge on any atom is -0.310 e. The fourth-order valence-corrected chi connectivity index (χ4v) is 1.87. The minimum atomic E-state index is 0.335. The summed E-state index contributed by atoms with van der Waals surface area (Å²) in [6, 6.07) is 4.42. The number of pyridine rings is 1. The first kappa shape index (κ1) is 12.8. The van der Waals surface area contributed by atoms with Crippen molar-refractivity contribution in [2.45, 2.75) is 32.9 Å². The number of hydrogen-bond acceptors (Lipinski definition) is 3. The van der Waals surface area contributed by atoms with Gasteiger partial charge in [0.1, 0.15) is 0 Å². The fourth-order valence-electron chi connectivity index (χ4n) is 1.87. The molecule has 0 saturated heterocycles. The van der Waals surface area contributed by atoms with Crippen molar-refractivity contribution < 1.29 is 0 Å². The molecule has 96 valence electrons. The molecule has 0 aliphatic heterocycles. The van der Waals surface area contributed by atoms with Crippen LogP contribution in [0.4, 0.5) is 0 Å². The lowest BCUT2D eigenvalue weighted by atomic mass is 10.1. The smallest absolute Gasteiger partial charge is 0.0537 e. The van der Waals surface area contributed by atoms with Crippen LogP contribution in [0.2, 0.25) is 0 Å². The summed E-state index contributed by atoms with van der Waals surface area (Å²) in [6.07, 6.45) is 8.76. The Morgan fingerprint density at radius 1 is 1.39 bits per heavy atom. The quantitative estimate of drug-likeness (QED) is 0.847. The van der Waals surface area contributed by atoms with Crippen LogP contribution in [0.15, 0.2) is 36.9 Å². The SMILES string of the molecule is CCn1cc(C(C)NCCc2cccnc2)cn1. The topological polar surface area (TPSA) is 42.7 Å². The van der Waals surface area contributed by atoms with E-state index in [0.29, 0.717) is 6.04 Å². The predicted octanol–water partition coefficient (Wildman–Crippen LogP) is 2.19. The Balaban J connectivity index is 1.79. The predicted molar refractivity (Wildman–Crippen MR) is 72.3 cm³/mol. The summed E-state index contributed by atoms with van der Waals surface area (Å²) >= 11 is 0. The van der Waals surface area contributed by atoms with E-state index in [9.17, 15) is 0 Å². The van der Waals surface area contributed by atoms with Crippen LogP contribution in [-0.2, 0) is 13.0 Å². The molecule has 0 fully saturated rings. The lowest BCUT2D eigenvalue weighted by Gasteiger charge is -2.11. The monoisotopic (exact) mass is 244 g/mol. The van der Waals surface area contributed by atoms with E-state index in [0.717, 1.165) is 19.5 Å². The van der Waals surface area contributed by atoms with E-state index in [1.54, 1.807) is 6.20 Å². The molecule has 2 aromatic rings. The maximum Gasteiger partial charge on any atom is 0.0537 e. The zero-order valence-electron chi connectivity index (χ0n) is 11.0. The average molecular weight is 244 g/mol. The number of aryl methyl sites for hydroxylation is 1. The molecule has 2 heterocycles. The van der Waals surface area contributed by atoms with Gasteiger partial charge in [-0.15, -0.1) is 0 Å². The van der Waals surface area contributed by atoms with Crippen LogP contribution in [0.3, 0.4) is 0 Å². The third-order valence-electron chi connectivity index (χ3n) is 3.06. The highest BCUT2D eigenvalue weighted by molar-refractivity contribution is 5.11. The number of nitrogens with zero attached hydrogens (tertiary/aromatic N) is 3. The van der Waals surface area contributed by atoms with Crippen molar-refractivity contribution >= 4 is 0 Å². The van der Waals surface area contributed by atoms with E-state index in [1.165, 1.54) is 11.1 Å². The Hall–Kier alpha value is -1.68. The molecule has 18 heavy (non-hydrogen) atoms. The van der Waals surface area contributed by atoms with Crippen LogP contribution < -0.4 is 5.32 Å². The maximum absolute atomic E-state index is 4.29. The van der Waals surface area contributed by atoms with Gasteiger partial charge in [0.25, 0.3) is 0 Å². The van der Waals surface area contributed by atoms with Crippen LogP contribution in [-0.4, -0.2) is 21.3 Å². The van der Waals surface area contributed by atoms with E-state index >= 15 is 0 Å². The van der Waals surface area contributed by atoms with Gasteiger partial charge in [0.05, 0.1) is 6.20 Å². The molecule has 1 N–H and O–H groups in total. The lowest BCUT2D eigenvalue weighted by Crippen LogP contribution is -2.21. The van der Waals surface area contributed by atoms with Crippen molar-refractivity contribution in [3.8, 4) is 0 Å². The van der Waals surface area contributed by atoms with Gasteiger partial charge in [0.2, 0.25) is 0 Å². The Bertz CT molecular complexity index is 464. The Kier molecular flexibility index (Phi) is 4.47. The molecule has 0 aliphatic carbocycles. The minimum absolute atomic E-state index is 0.335. The van der Waals surface area contributed by atoms with Crippen molar-refractivity contribution in [3.05, 3.63) is 48.0 Å². The molecular formula is C14H20N4. The van der Waals surface area contributed by atoms with Crippen LogP contribution in [0.1, 0.15) is 31.0 Å². The maximum atomic E-state index is 4.29. The summed E-state index contributed by atoms with van der Waals surface area (Å²) in [5.41, 5.74) is 2.50. The van der Waals surface area contributed by atoms with Crippen LogP contribution >= 0.6 is 0 Å². The number of aromatic nitrogens is 3. The third kappa shape index (κ3) is 3.40. The zero-order valence-corrected chi connectivity index (χ0v) is 11.0. The highest BCUT2D eigenvalue weighted by Gasteiger charge is 2.06. The summed E-state index contributed by atoms with van der Waals surface area (Å²) in [4.78, 5) is 4.11. The lowest BCUT2D eigenvalue weighted by molar-refractivity contribution is 0.574. The molecule has 0 saturated carbocycles. The van der Waals surface area contributed by atoms with Crippen molar-refractivity contribution in [3.63, 3.8) is 0 Å². The summed E-state index contributed by atoms with van der Waals surface area (Å²) in [6.45, 7) is 6.13. The molecule has 0 bridgehead atoms. The Morgan fingerprint density at radius 3 is 2.94 bits per heavy atom. The van der Waals surface area contributed by atoms with Crippen molar-refractivity contribution in [1.29, 1.82) is 0 Å². The number of nitrogens with one attached hydrogen (secondary N) is 1. The van der Waals surface area contributed by atoms with Gasteiger partial charge in [0.15, 0.2) is 0 Å². The van der Waals surface area contributed by atoms with E-state index in [2.05, 4.69) is 41.5 Å². The van der Waals surface area contributed by atoms with Crippen molar-refractivity contribution in [2.75, 3.05) is 6.54 Å². The molecule has 4 heteroatoms. The first-order chi connectivity index (χ1) is 8.79. The van der Waals surface area contributed by atoms with Crippen LogP contribution in [0.5, 0.6) is 0 Å². The molecule has 1 unspecified atom stereocenters. The number of rotatable bonds is 6. The molecule has 4 nitrogen and oxygen atoms in total. The largest absolute Gasteiger partial charge is 0.310 e. The molecule has 2 rings (SSSR count). The summed E-state index contributed by atoms with van der Waals surface area (Å²) in [7, 11) is 0. The molecule has 0 amide bonds. The molecule has 2 aromatic heterocycles. The molecule has 0 spiro atoms. The Morgan fingerprint density at radius 2 is 2.28 bits per heavy atom. The molecule has 0 aliphatic rings.